The number of nitrogens with one attached hydrogen (secondary N) is 2. The Morgan fingerprint density at radius 2 is 2.00 bits per heavy atom. The molecule has 7 heteroatoms. The number of anilines is 1. The molecule has 2 aliphatic carbocycles. The largest absolute Gasteiger partial charge is 0.435 e. The zero-order valence-corrected chi connectivity index (χ0v) is 12.6. The molecule has 2 N–H and O–H groups in total. The van der Waals surface area contributed by atoms with Gasteiger partial charge in [0.25, 0.3) is 0 Å². The van der Waals surface area contributed by atoms with Crippen molar-refractivity contribution in [3.05, 3.63) is 24.0 Å². The van der Waals surface area contributed by atoms with Crippen molar-refractivity contribution in [3.63, 3.8) is 0 Å². The predicted molar refractivity (Wildman–Crippen MR) is 79.1 cm³/mol. The third kappa shape index (κ3) is 3.38. The third-order valence-electron chi connectivity index (χ3n) is 4.99. The van der Waals surface area contributed by atoms with Crippen LogP contribution >= 0.6 is 0 Å². The van der Waals surface area contributed by atoms with E-state index < -0.39 is 18.5 Å². The Morgan fingerprint density at radius 3 is 2.57 bits per heavy atom. The summed E-state index contributed by atoms with van der Waals surface area (Å²) >= 11 is 0. The van der Waals surface area contributed by atoms with Crippen LogP contribution in [-0.2, 0) is 0 Å². The molecule has 2 aliphatic rings. The van der Waals surface area contributed by atoms with Gasteiger partial charge in [0.2, 0.25) is 0 Å². The SMILES string of the molecule is O=C(Nc1ccc(OC(F)F)cc1F)NC1CCC12CCCC2. The molecule has 1 aromatic rings. The van der Waals surface area contributed by atoms with Crippen molar-refractivity contribution in [3.8, 4) is 5.75 Å². The number of benzene rings is 1. The van der Waals surface area contributed by atoms with Crippen molar-refractivity contribution >= 4 is 11.7 Å². The summed E-state index contributed by atoms with van der Waals surface area (Å²) in [4.78, 5) is 12.0. The van der Waals surface area contributed by atoms with Gasteiger partial charge in [-0.25, -0.2) is 9.18 Å². The molecule has 4 nitrogen and oxygen atoms in total. The standard InChI is InChI=1S/C16H19F3N2O2/c17-11-9-10(23-14(18)19)3-4-12(11)20-15(22)21-13-5-8-16(13)6-1-2-7-16/h3-4,9,13-14H,1-2,5-8H2,(H2,20,21,22). The molecule has 23 heavy (non-hydrogen) atoms. The Balaban J connectivity index is 1.57. The van der Waals surface area contributed by atoms with E-state index in [4.69, 9.17) is 0 Å². The maximum Gasteiger partial charge on any atom is 0.387 e. The Labute approximate surface area is 132 Å². The lowest BCUT2D eigenvalue weighted by atomic mass is 9.63. The summed E-state index contributed by atoms with van der Waals surface area (Å²) in [6.45, 7) is -3.02. The highest BCUT2D eigenvalue weighted by Gasteiger charge is 2.48. The van der Waals surface area contributed by atoms with Crippen molar-refractivity contribution in [2.45, 2.75) is 51.2 Å². The second kappa shape index (κ2) is 6.29. The van der Waals surface area contributed by atoms with Crippen molar-refractivity contribution in [2.75, 3.05) is 5.32 Å². The van der Waals surface area contributed by atoms with Gasteiger partial charge in [0.1, 0.15) is 11.6 Å². The second-order valence-corrected chi connectivity index (χ2v) is 6.28. The van der Waals surface area contributed by atoms with Gasteiger partial charge in [0, 0.05) is 12.1 Å². The second-order valence-electron chi connectivity index (χ2n) is 6.28. The number of carbonyl (C=O) groups is 1. The number of hydrogen-bond donors (Lipinski definition) is 2. The topological polar surface area (TPSA) is 50.4 Å². The number of hydrogen-bond acceptors (Lipinski definition) is 2. The van der Waals surface area contributed by atoms with E-state index in [0.29, 0.717) is 0 Å². The van der Waals surface area contributed by atoms with Crippen LogP contribution in [0.1, 0.15) is 38.5 Å². The summed E-state index contributed by atoms with van der Waals surface area (Å²) in [6, 6.07) is 2.88. The number of rotatable bonds is 4. The molecule has 0 heterocycles. The van der Waals surface area contributed by atoms with Crippen molar-refractivity contribution in [2.24, 2.45) is 5.41 Å². The fraction of sp³-hybridized carbons (Fsp3) is 0.562. The van der Waals surface area contributed by atoms with E-state index in [-0.39, 0.29) is 22.9 Å². The molecule has 126 valence electrons. The van der Waals surface area contributed by atoms with Crippen molar-refractivity contribution < 1.29 is 22.7 Å². The fourth-order valence-corrected chi connectivity index (χ4v) is 3.69. The van der Waals surface area contributed by atoms with Crippen LogP contribution in [0.5, 0.6) is 5.75 Å². The minimum atomic E-state index is -3.02. The minimum absolute atomic E-state index is 0.0658. The number of carbonyl (C=O) groups excluding carboxylic acids is 1. The molecule has 2 saturated carbocycles. The molecular weight excluding hydrogens is 309 g/mol. The van der Waals surface area contributed by atoms with Gasteiger partial charge in [-0.1, -0.05) is 12.8 Å². The van der Waals surface area contributed by atoms with E-state index in [1.54, 1.807) is 0 Å². The molecule has 0 saturated heterocycles. The zero-order chi connectivity index (χ0) is 16.4. The Morgan fingerprint density at radius 1 is 1.26 bits per heavy atom. The summed E-state index contributed by atoms with van der Waals surface area (Å²) < 4.78 is 42.1. The van der Waals surface area contributed by atoms with Crippen LogP contribution in [0.25, 0.3) is 0 Å². The zero-order valence-electron chi connectivity index (χ0n) is 12.6. The maximum absolute atomic E-state index is 13.8. The monoisotopic (exact) mass is 328 g/mol. The number of amides is 2. The minimum Gasteiger partial charge on any atom is -0.435 e. The molecule has 0 bridgehead atoms. The molecular formula is C16H19F3N2O2. The molecule has 0 radical (unpaired) electrons. The summed E-state index contributed by atoms with van der Waals surface area (Å²) in [5, 5.41) is 5.33. The van der Waals surface area contributed by atoms with E-state index in [9.17, 15) is 18.0 Å². The van der Waals surface area contributed by atoms with Crippen LogP contribution in [0.3, 0.4) is 0 Å². The van der Waals surface area contributed by atoms with E-state index in [1.165, 1.54) is 25.0 Å². The highest BCUT2D eigenvalue weighted by Crippen LogP contribution is 2.53. The molecule has 1 spiro atoms. The quantitative estimate of drug-likeness (QED) is 0.867. The van der Waals surface area contributed by atoms with E-state index in [2.05, 4.69) is 15.4 Å². The maximum atomic E-state index is 13.8. The third-order valence-corrected chi connectivity index (χ3v) is 4.99. The van der Waals surface area contributed by atoms with Gasteiger partial charge in [0.05, 0.1) is 5.69 Å². The first-order valence-corrected chi connectivity index (χ1v) is 7.80. The first-order valence-electron chi connectivity index (χ1n) is 7.80. The molecule has 1 aromatic carbocycles. The van der Waals surface area contributed by atoms with E-state index >= 15 is 0 Å². The van der Waals surface area contributed by atoms with Gasteiger partial charge >= 0.3 is 12.6 Å². The number of halogens is 3. The average Bonchev–Trinajstić information content (AvgIpc) is 2.98. The van der Waals surface area contributed by atoms with Crippen LogP contribution in [0.15, 0.2) is 18.2 Å². The van der Waals surface area contributed by atoms with E-state index in [1.807, 2.05) is 0 Å². The van der Waals surface area contributed by atoms with Gasteiger partial charge in [-0.15, -0.1) is 0 Å². The number of ether oxygens (including phenoxy) is 1. The predicted octanol–water partition coefficient (Wildman–Crippen LogP) is 4.27. The highest BCUT2D eigenvalue weighted by atomic mass is 19.3. The van der Waals surface area contributed by atoms with Crippen LogP contribution in [0.4, 0.5) is 23.7 Å². The number of alkyl halides is 2. The van der Waals surface area contributed by atoms with Crippen LogP contribution in [0.2, 0.25) is 0 Å². The van der Waals surface area contributed by atoms with Crippen LogP contribution in [-0.4, -0.2) is 18.7 Å². The lowest BCUT2D eigenvalue weighted by Gasteiger charge is -2.47. The van der Waals surface area contributed by atoms with Gasteiger partial charge < -0.3 is 15.4 Å². The van der Waals surface area contributed by atoms with Crippen molar-refractivity contribution in [1.29, 1.82) is 0 Å². The Hall–Kier alpha value is -1.92. The normalized spacial score (nSPS) is 22.0. The molecule has 3 rings (SSSR count). The van der Waals surface area contributed by atoms with Gasteiger partial charge in [-0.2, -0.15) is 8.78 Å². The number of urea groups is 1. The fourth-order valence-electron chi connectivity index (χ4n) is 3.69. The first kappa shape index (κ1) is 16.0. The Kier molecular flexibility index (Phi) is 4.37. The lowest BCUT2D eigenvalue weighted by Crippen LogP contribution is -2.54. The summed E-state index contributed by atoms with van der Waals surface area (Å²) in [5.41, 5.74) is 0.161. The van der Waals surface area contributed by atoms with Gasteiger partial charge in [0.15, 0.2) is 0 Å². The first-order chi connectivity index (χ1) is 11.0. The summed E-state index contributed by atoms with van der Waals surface area (Å²) in [7, 11) is 0. The Bertz CT molecular complexity index is 589. The van der Waals surface area contributed by atoms with Crippen LogP contribution in [0, 0.1) is 11.2 Å². The highest BCUT2D eigenvalue weighted by molar-refractivity contribution is 5.89. The molecule has 1 unspecified atom stereocenters. The average molecular weight is 328 g/mol. The van der Waals surface area contributed by atoms with E-state index in [0.717, 1.165) is 31.7 Å². The van der Waals surface area contributed by atoms with Gasteiger partial charge in [-0.05, 0) is 43.2 Å². The van der Waals surface area contributed by atoms with Gasteiger partial charge in [-0.3, -0.25) is 0 Å². The van der Waals surface area contributed by atoms with Crippen molar-refractivity contribution in [1.82, 2.24) is 5.32 Å². The molecule has 1 atom stereocenters. The lowest BCUT2D eigenvalue weighted by molar-refractivity contribution is -0.0499. The molecule has 2 amide bonds. The molecule has 2 fully saturated rings. The smallest absolute Gasteiger partial charge is 0.387 e. The molecule has 0 aromatic heterocycles. The van der Waals surface area contributed by atoms with Crippen LogP contribution < -0.4 is 15.4 Å². The molecule has 0 aliphatic heterocycles. The summed E-state index contributed by atoms with van der Waals surface area (Å²) in [6.07, 6.45) is 6.72. The summed E-state index contributed by atoms with van der Waals surface area (Å²) in [5.74, 6) is -1.10.